The van der Waals surface area contributed by atoms with Crippen molar-refractivity contribution in [3.8, 4) is 0 Å². The third-order valence-electron chi connectivity index (χ3n) is 4.50. The molecule has 8 heteroatoms. The zero-order valence-electron chi connectivity index (χ0n) is 13.7. The maximum atomic E-state index is 13.2. The van der Waals surface area contributed by atoms with Crippen LogP contribution < -0.4 is 4.90 Å². The number of azo groups is 2. The predicted octanol–water partition coefficient (Wildman–Crippen LogP) is 2.62. The highest BCUT2D eigenvalue weighted by Gasteiger charge is 2.49. The van der Waals surface area contributed by atoms with E-state index in [2.05, 4.69) is 5.11 Å². The lowest BCUT2D eigenvalue weighted by molar-refractivity contribution is -0.534. The smallest absolute Gasteiger partial charge is 0.326 e. The molecule has 1 fully saturated rings. The zero-order chi connectivity index (χ0) is 18.3. The number of benzene rings is 2. The minimum atomic E-state index is -0.679. The number of rotatable bonds is 3. The average molecular weight is 374 g/mol. The second-order valence-corrected chi connectivity index (χ2v) is 6.49. The summed E-state index contributed by atoms with van der Waals surface area (Å²) in [5.74, 6) is -1.61. The summed E-state index contributed by atoms with van der Waals surface area (Å²) in [6, 6.07) is 13.1. The van der Waals surface area contributed by atoms with Crippen LogP contribution in [0.2, 0.25) is 5.02 Å². The van der Waals surface area contributed by atoms with Crippen LogP contribution in [-0.2, 0) is 16.1 Å². The molecule has 6 nitrogen and oxygen atoms in total. The van der Waals surface area contributed by atoms with E-state index in [0.717, 1.165) is 10.4 Å². The van der Waals surface area contributed by atoms with Gasteiger partial charge >= 0.3 is 11.8 Å². The van der Waals surface area contributed by atoms with Crippen LogP contribution in [0.4, 0.5) is 10.1 Å². The molecule has 26 heavy (non-hydrogen) atoms. The van der Waals surface area contributed by atoms with Crippen LogP contribution >= 0.6 is 11.6 Å². The summed E-state index contributed by atoms with van der Waals surface area (Å²) in [6.45, 7) is 1.01. The molecule has 1 saturated heterocycles. The fourth-order valence-electron chi connectivity index (χ4n) is 3.15. The van der Waals surface area contributed by atoms with Gasteiger partial charge < -0.3 is 4.90 Å². The van der Waals surface area contributed by atoms with Crippen molar-refractivity contribution in [1.82, 2.24) is 4.90 Å². The molecule has 132 valence electrons. The van der Waals surface area contributed by atoms with E-state index in [1.54, 1.807) is 30.3 Å². The standard InChI is InChI=1S/C18H15ClFN4O2/c19-15-4-2-1-3-12(15)11-24-17(26)16(25)23-10-9-22(18(23)21-24)14-7-5-13(20)6-8-14/h1-8,18H,9-11H2/q+1. The van der Waals surface area contributed by atoms with Crippen molar-refractivity contribution in [2.24, 2.45) is 5.11 Å². The van der Waals surface area contributed by atoms with Gasteiger partial charge in [0.15, 0.2) is 0 Å². The molecule has 0 aliphatic carbocycles. The van der Waals surface area contributed by atoms with E-state index in [1.807, 2.05) is 11.0 Å². The molecule has 0 N–H and O–H groups in total. The third kappa shape index (κ3) is 2.84. The molecule has 0 bridgehead atoms. The fraction of sp³-hybridized carbons (Fsp3) is 0.222. The third-order valence-corrected chi connectivity index (χ3v) is 4.87. The molecule has 0 radical (unpaired) electrons. The van der Waals surface area contributed by atoms with Crippen LogP contribution in [0.15, 0.2) is 53.6 Å². The lowest BCUT2D eigenvalue weighted by Gasteiger charge is -2.27. The molecule has 2 aliphatic rings. The van der Waals surface area contributed by atoms with Gasteiger partial charge in [-0.3, -0.25) is 9.69 Å². The molecule has 0 saturated carbocycles. The topological polar surface area (TPSA) is 56.0 Å². The monoisotopic (exact) mass is 373 g/mol. The van der Waals surface area contributed by atoms with Crippen LogP contribution in [0.25, 0.3) is 0 Å². The Morgan fingerprint density at radius 2 is 1.77 bits per heavy atom. The number of anilines is 1. The Morgan fingerprint density at radius 1 is 1.08 bits per heavy atom. The van der Waals surface area contributed by atoms with E-state index >= 15 is 0 Å². The Bertz CT molecular complexity index is 916. The van der Waals surface area contributed by atoms with Gasteiger partial charge in [-0.2, -0.15) is 0 Å². The Labute approximate surface area is 154 Å². The van der Waals surface area contributed by atoms with Crippen LogP contribution in [-0.4, -0.2) is 40.8 Å². The molecule has 4 rings (SSSR count). The van der Waals surface area contributed by atoms with E-state index in [-0.39, 0.29) is 12.4 Å². The number of hydrogen-bond acceptors (Lipinski definition) is 4. The summed E-state index contributed by atoms with van der Waals surface area (Å²) in [7, 11) is 0. The second kappa shape index (κ2) is 6.49. The average Bonchev–Trinajstić information content (AvgIpc) is 3.06. The van der Waals surface area contributed by atoms with Crippen molar-refractivity contribution in [2.45, 2.75) is 12.8 Å². The van der Waals surface area contributed by atoms with E-state index in [0.29, 0.717) is 23.7 Å². The normalized spacial score (nSPS) is 19.6. The van der Waals surface area contributed by atoms with E-state index in [9.17, 15) is 14.0 Å². The zero-order valence-corrected chi connectivity index (χ0v) is 14.4. The summed E-state index contributed by atoms with van der Waals surface area (Å²) in [6.07, 6.45) is -0.631. The Morgan fingerprint density at radius 3 is 2.50 bits per heavy atom. The van der Waals surface area contributed by atoms with Crippen LogP contribution in [0.1, 0.15) is 5.56 Å². The van der Waals surface area contributed by atoms with Crippen LogP contribution in [0.5, 0.6) is 0 Å². The predicted molar refractivity (Wildman–Crippen MR) is 92.1 cm³/mol. The highest BCUT2D eigenvalue weighted by molar-refractivity contribution is 6.32. The van der Waals surface area contributed by atoms with E-state index in [4.69, 9.17) is 11.6 Å². The minimum absolute atomic E-state index is 0.117. The first-order valence-electron chi connectivity index (χ1n) is 8.13. The number of fused-ring (bicyclic) bond motifs is 1. The lowest BCUT2D eigenvalue weighted by atomic mass is 10.2. The second-order valence-electron chi connectivity index (χ2n) is 6.08. The quantitative estimate of drug-likeness (QED) is 0.614. The first kappa shape index (κ1) is 16.7. The summed E-state index contributed by atoms with van der Waals surface area (Å²) >= 11 is 6.16. The maximum Gasteiger partial charge on any atom is 0.502 e. The van der Waals surface area contributed by atoms with Gasteiger partial charge in [-0.25, -0.2) is 9.18 Å². The molecule has 2 amide bonds. The van der Waals surface area contributed by atoms with Gasteiger partial charge in [0.05, 0.1) is 5.02 Å². The molecule has 2 aliphatic heterocycles. The van der Waals surface area contributed by atoms with Crippen LogP contribution in [0.3, 0.4) is 0 Å². The summed E-state index contributed by atoms with van der Waals surface area (Å²) < 4.78 is 14.3. The van der Waals surface area contributed by atoms with Crippen molar-refractivity contribution in [2.75, 3.05) is 18.0 Å². The highest BCUT2D eigenvalue weighted by atomic mass is 35.5. The number of hydrogen-bond donors (Lipinski definition) is 0. The summed E-state index contributed by atoms with van der Waals surface area (Å²) in [5.41, 5.74) is 1.45. The number of nitrogens with zero attached hydrogens (tertiary/aromatic N) is 4. The number of carbonyl (C=O) groups excluding carboxylic acids is 2. The molecule has 0 aromatic heterocycles. The SMILES string of the molecule is O=C1C(=O)[N+](Cc2ccccc2Cl)=NC2N1CCN2c1ccc(F)cc1. The Balaban J connectivity index is 1.68. The van der Waals surface area contributed by atoms with Gasteiger partial charge in [0.25, 0.3) is 6.29 Å². The number of halogens is 2. The molecule has 2 aromatic carbocycles. The van der Waals surface area contributed by atoms with Crippen molar-refractivity contribution in [1.29, 1.82) is 0 Å². The number of carbonyl (C=O) groups is 2. The summed E-state index contributed by atoms with van der Waals surface area (Å²) in [4.78, 5) is 28.2. The molecule has 2 aromatic rings. The minimum Gasteiger partial charge on any atom is -0.326 e. The van der Waals surface area contributed by atoms with Crippen molar-refractivity contribution < 1.29 is 18.7 Å². The van der Waals surface area contributed by atoms with Gasteiger partial charge in [-0.05, 0) is 35.0 Å². The maximum absolute atomic E-state index is 13.2. The van der Waals surface area contributed by atoms with Crippen molar-refractivity contribution in [3.63, 3.8) is 0 Å². The molecule has 1 unspecified atom stereocenters. The molecular formula is C18H15ClFN4O2+. The lowest BCUT2D eigenvalue weighted by Crippen LogP contribution is -2.51. The van der Waals surface area contributed by atoms with Gasteiger partial charge in [0.1, 0.15) is 5.82 Å². The molecule has 1 atom stereocenters. The largest absolute Gasteiger partial charge is 0.502 e. The van der Waals surface area contributed by atoms with Crippen molar-refractivity contribution >= 4 is 29.1 Å². The highest BCUT2D eigenvalue weighted by Crippen LogP contribution is 2.28. The van der Waals surface area contributed by atoms with Crippen LogP contribution in [0, 0.1) is 5.82 Å². The van der Waals surface area contributed by atoms with Crippen molar-refractivity contribution in [3.05, 3.63) is 64.9 Å². The molecule has 2 heterocycles. The Kier molecular flexibility index (Phi) is 4.16. The first-order chi connectivity index (χ1) is 12.5. The van der Waals surface area contributed by atoms with Gasteiger partial charge in [0, 0.05) is 29.5 Å². The van der Waals surface area contributed by atoms with Gasteiger partial charge in [-0.1, -0.05) is 29.8 Å². The van der Waals surface area contributed by atoms with E-state index in [1.165, 1.54) is 17.0 Å². The first-order valence-corrected chi connectivity index (χ1v) is 8.51. The van der Waals surface area contributed by atoms with Gasteiger partial charge in [-0.15, -0.1) is 0 Å². The number of amides is 2. The molecular weight excluding hydrogens is 359 g/mol. The summed E-state index contributed by atoms with van der Waals surface area (Å²) in [5, 5.41) is 4.96. The van der Waals surface area contributed by atoms with E-state index < -0.39 is 18.1 Å². The Hall–Kier alpha value is -2.80. The van der Waals surface area contributed by atoms with Gasteiger partial charge in [0.2, 0.25) is 6.54 Å². The fourth-order valence-corrected chi connectivity index (χ4v) is 3.35. The molecule has 0 spiro atoms.